The summed E-state index contributed by atoms with van der Waals surface area (Å²) >= 11 is 0. The number of halogens is 3. The van der Waals surface area contributed by atoms with Gasteiger partial charge in [-0.05, 0) is 31.9 Å². The Labute approximate surface area is 215 Å². The topological polar surface area (TPSA) is 125 Å². The van der Waals surface area contributed by atoms with Crippen LogP contribution in [0.15, 0.2) is 35.7 Å². The van der Waals surface area contributed by atoms with E-state index in [0.29, 0.717) is 35.3 Å². The molecule has 3 aromatic heterocycles. The van der Waals surface area contributed by atoms with E-state index in [9.17, 15) is 18.0 Å². The number of nitriles is 1. The van der Waals surface area contributed by atoms with Crippen LogP contribution in [0, 0.1) is 18.3 Å². The smallest absolute Gasteiger partial charge is 0.449 e. The quantitative estimate of drug-likeness (QED) is 0.262. The van der Waals surface area contributed by atoms with Crippen molar-refractivity contribution >= 4 is 23.9 Å². The monoisotopic (exact) mass is 525 g/mol. The fourth-order valence-corrected chi connectivity index (χ4v) is 3.92. The van der Waals surface area contributed by atoms with Crippen LogP contribution < -0.4 is 9.64 Å². The van der Waals surface area contributed by atoms with E-state index in [-0.39, 0.29) is 41.2 Å². The third-order valence-corrected chi connectivity index (χ3v) is 6.09. The Bertz CT molecular complexity index is 1420. The molecule has 1 aliphatic heterocycles. The molecule has 14 heteroatoms. The molecule has 0 spiro atoms. The van der Waals surface area contributed by atoms with Crippen LogP contribution in [0.2, 0.25) is 0 Å². The fourth-order valence-electron chi connectivity index (χ4n) is 3.92. The molecule has 2 fully saturated rings. The Morgan fingerprint density at radius 3 is 2.63 bits per heavy atom. The largest absolute Gasteiger partial charge is 0.483 e. The third-order valence-electron chi connectivity index (χ3n) is 6.09. The lowest BCUT2D eigenvalue weighted by Gasteiger charge is -2.38. The number of alkyl halides is 3. The van der Waals surface area contributed by atoms with Crippen LogP contribution in [0.1, 0.15) is 30.3 Å². The van der Waals surface area contributed by atoms with Crippen LogP contribution in [0.4, 0.5) is 24.8 Å². The molecular weight excluding hydrogens is 503 g/mol. The predicted octanol–water partition coefficient (Wildman–Crippen LogP) is 3.20. The number of pyridine rings is 1. The summed E-state index contributed by atoms with van der Waals surface area (Å²) in [7, 11) is 0.960. The molecule has 5 rings (SSSR count). The molecule has 1 saturated heterocycles. The number of nitrogens with zero attached hydrogens (tertiary/aromatic N) is 9. The van der Waals surface area contributed by atoms with Crippen molar-refractivity contribution in [3.05, 3.63) is 42.1 Å². The second-order valence-electron chi connectivity index (χ2n) is 9.03. The molecular formula is C24H22F3N9O2. The second-order valence-corrected chi connectivity index (χ2v) is 9.03. The molecule has 0 atom stereocenters. The van der Waals surface area contributed by atoms with Gasteiger partial charge < -0.3 is 9.64 Å². The summed E-state index contributed by atoms with van der Waals surface area (Å²) in [5.41, 5.74) is 0.563. The predicted molar refractivity (Wildman–Crippen MR) is 129 cm³/mol. The maximum Gasteiger partial charge on any atom is 0.449 e. The first-order valence-corrected chi connectivity index (χ1v) is 11.7. The number of anilines is 1. The number of hydrogen-bond donors (Lipinski definition) is 0. The molecule has 0 radical (unpaired) electrons. The number of hydrogen-bond acceptors (Lipinski definition) is 9. The summed E-state index contributed by atoms with van der Waals surface area (Å²) in [6, 6.07) is 5.29. The highest BCUT2D eigenvalue weighted by Gasteiger charge is 2.40. The van der Waals surface area contributed by atoms with Gasteiger partial charge in [-0.25, -0.2) is 19.9 Å². The number of aryl methyl sites for hydroxylation is 1. The molecule has 1 amide bonds. The van der Waals surface area contributed by atoms with E-state index in [1.807, 2.05) is 21.8 Å². The molecule has 0 N–H and O–H groups in total. The Morgan fingerprint density at radius 2 is 2.03 bits per heavy atom. The van der Waals surface area contributed by atoms with Gasteiger partial charge in [0.2, 0.25) is 18.2 Å². The van der Waals surface area contributed by atoms with Crippen molar-refractivity contribution in [1.82, 2.24) is 29.6 Å². The number of amidine groups is 1. The lowest BCUT2D eigenvalue weighted by molar-refractivity contribution is -0.117. The second kappa shape index (κ2) is 9.73. The zero-order valence-electron chi connectivity index (χ0n) is 20.4. The lowest BCUT2D eigenvalue weighted by Crippen LogP contribution is -2.54. The minimum Gasteiger partial charge on any atom is -0.483 e. The van der Waals surface area contributed by atoms with Crippen LogP contribution >= 0.6 is 0 Å². The molecule has 2 aliphatic rings. The van der Waals surface area contributed by atoms with Gasteiger partial charge in [-0.15, -0.1) is 0 Å². The van der Waals surface area contributed by atoms with Crippen molar-refractivity contribution in [2.75, 3.05) is 25.0 Å². The first-order chi connectivity index (χ1) is 18.2. The van der Waals surface area contributed by atoms with Crippen molar-refractivity contribution < 1.29 is 22.7 Å². The van der Waals surface area contributed by atoms with Gasteiger partial charge in [-0.1, -0.05) is 0 Å². The molecule has 11 nitrogen and oxygen atoms in total. The molecule has 0 aromatic carbocycles. The van der Waals surface area contributed by atoms with Gasteiger partial charge in [-0.2, -0.15) is 23.5 Å². The third kappa shape index (κ3) is 5.13. The molecule has 1 saturated carbocycles. The van der Waals surface area contributed by atoms with Gasteiger partial charge in [0.05, 0.1) is 37.2 Å². The minimum atomic E-state index is -4.91. The van der Waals surface area contributed by atoms with E-state index in [1.165, 1.54) is 25.3 Å². The Hall–Kier alpha value is -4.54. The van der Waals surface area contributed by atoms with Crippen molar-refractivity contribution in [2.24, 2.45) is 4.99 Å². The number of ether oxygens (including phenoxy) is 1. The summed E-state index contributed by atoms with van der Waals surface area (Å²) in [6.07, 6.45) is 2.09. The average Bonchev–Trinajstić information content (AvgIpc) is 3.61. The summed E-state index contributed by atoms with van der Waals surface area (Å²) in [5.74, 6) is -0.461. The van der Waals surface area contributed by atoms with Crippen molar-refractivity contribution in [1.29, 1.82) is 5.26 Å². The molecule has 0 bridgehead atoms. The molecule has 3 aromatic rings. The van der Waals surface area contributed by atoms with Gasteiger partial charge in [0.25, 0.3) is 0 Å². The number of amides is 1. The highest BCUT2D eigenvalue weighted by Crippen LogP contribution is 2.37. The maximum absolute atomic E-state index is 13.7. The highest BCUT2D eigenvalue weighted by molar-refractivity contribution is 5.97. The fraction of sp³-hybridized carbons (Fsp3) is 0.375. The first kappa shape index (κ1) is 25.1. The van der Waals surface area contributed by atoms with E-state index in [2.05, 4.69) is 25.0 Å². The Kier molecular flexibility index (Phi) is 6.43. The molecule has 0 unspecified atom stereocenters. The van der Waals surface area contributed by atoms with E-state index in [1.54, 1.807) is 6.20 Å². The van der Waals surface area contributed by atoms with Crippen molar-refractivity contribution in [3.63, 3.8) is 0 Å². The highest BCUT2D eigenvalue weighted by atomic mass is 19.4. The van der Waals surface area contributed by atoms with Gasteiger partial charge in [-0.3, -0.25) is 14.4 Å². The molecule has 1 aliphatic carbocycles. The average molecular weight is 525 g/mol. The summed E-state index contributed by atoms with van der Waals surface area (Å²) in [5, 5.41) is 13.4. The number of carbonyl (C=O) groups excluding carboxylic acids is 1. The number of aliphatic imine (C=N–C) groups is 1. The van der Waals surface area contributed by atoms with E-state index >= 15 is 0 Å². The normalized spacial score (nSPS) is 16.1. The van der Waals surface area contributed by atoms with Crippen LogP contribution in [0.5, 0.6) is 5.75 Å². The summed E-state index contributed by atoms with van der Waals surface area (Å²) < 4.78 is 49.0. The van der Waals surface area contributed by atoms with E-state index in [4.69, 9.17) is 10.00 Å². The zero-order valence-corrected chi connectivity index (χ0v) is 20.4. The van der Waals surface area contributed by atoms with E-state index < -0.39 is 12.0 Å². The standard InChI is InChI=1S/C24H22F3N9O2/c1-14-20(32-22(24(25,26)27)34(2)13-37)21(15-3-4-16(7-28)29-8-15)33-23(31-14)35-10-19(11-35)38-18-9-30-36(12-18)17-5-6-17/h3-4,8-9,12-13,17,19H,5-6,10-11H2,1-2H3. The number of carbonyl (C=O) groups is 1. The van der Waals surface area contributed by atoms with Crippen LogP contribution in [-0.2, 0) is 4.79 Å². The zero-order chi connectivity index (χ0) is 27.0. The lowest BCUT2D eigenvalue weighted by atomic mass is 10.1. The molecule has 196 valence electrons. The van der Waals surface area contributed by atoms with Crippen LogP contribution in [0.25, 0.3) is 11.3 Å². The van der Waals surface area contributed by atoms with Gasteiger partial charge in [0, 0.05) is 18.8 Å². The summed E-state index contributed by atoms with van der Waals surface area (Å²) in [4.78, 5) is 30.0. The summed E-state index contributed by atoms with van der Waals surface area (Å²) in [6.45, 7) is 2.44. The molecule has 4 heterocycles. The SMILES string of the molecule is Cc1nc(N2CC(Oc3cnn(C4CC4)c3)C2)nc(-c2ccc(C#N)nc2)c1N=C(N(C)C=O)C(F)(F)F. The van der Waals surface area contributed by atoms with Gasteiger partial charge >= 0.3 is 6.18 Å². The van der Waals surface area contributed by atoms with E-state index in [0.717, 1.165) is 19.9 Å². The van der Waals surface area contributed by atoms with Crippen LogP contribution in [-0.4, -0.2) is 74.3 Å². The maximum atomic E-state index is 13.7. The van der Waals surface area contributed by atoms with Gasteiger partial charge in [0.1, 0.15) is 29.2 Å². The minimum absolute atomic E-state index is 0.0222. The Balaban J connectivity index is 1.45. The molecule has 38 heavy (non-hydrogen) atoms. The Morgan fingerprint density at radius 1 is 1.26 bits per heavy atom. The van der Waals surface area contributed by atoms with Gasteiger partial charge in [0.15, 0.2) is 5.75 Å². The van der Waals surface area contributed by atoms with Crippen molar-refractivity contribution in [2.45, 2.75) is 38.1 Å². The van der Waals surface area contributed by atoms with Crippen LogP contribution in [0.3, 0.4) is 0 Å². The number of aromatic nitrogens is 5. The first-order valence-electron chi connectivity index (χ1n) is 11.7. The number of rotatable bonds is 7. The van der Waals surface area contributed by atoms with Crippen molar-refractivity contribution in [3.8, 4) is 23.1 Å².